The van der Waals surface area contributed by atoms with E-state index < -0.39 is 10.0 Å². The fraction of sp³-hybridized carbons (Fsp3) is 0.733. The van der Waals surface area contributed by atoms with Crippen LogP contribution < -0.4 is 10.5 Å². The molecule has 0 amide bonds. The smallest absolute Gasteiger partial charge is 0.250 e. The first kappa shape index (κ1) is 16.9. The van der Waals surface area contributed by atoms with E-state index in [0.29, 0.717) is 16.7 Å². The van der Waals surface area contributed by atoms with Crippen molar-refractivity contribution in [3.63, 3.8) is 0 Å². The summed E-state index contributed by atoms with van der Waals surface area (Å²) in [7, 11) is -3.39. The molecule has 1 unspecified atom stereocenters. The molecule has 1 saturated carbocycles. The first-order chi connectivity index (χ1) is 10.1. The molecule has 21 heavy (non-hydrogen) atoms. The van der Waals surface area contributed by atoms with Crippen LogP contribution in [0, 0.1) is 5.92 Å². The minimum atomic E-state index is -3.39. The predicted octanol–water partition coefficient (Wildman–Crippen LogP) is 2.89. The van der Waals surface area contributed by atoms with Crippen LogP contribution in [-0.2, 0) is 16.4 Å². The Bertz CT molecular complexity index is 534. The molecule has 6 heteroatoms. The van der Waals surface area contributed by atoms with Gasteiger partial charge in [-0.05, 0) is 50.3 Å². The Morgan fingerprint density at radius 1 is 1.33 bits per heavy atom. The van der Waals surface area contributed by atoms with Crippen LogP contribution in [0.3, 0.4) is 0 Å². The van der Waals surface area contributed by atoms with Crippen molar-refractivity contribution in [1.29, 1.82) is 0 Å². The molecule has 1 fully saturated rings. The van der Waals surface area contributed by atoms with E-state index in [0.717, 1.165) is 30.6 Å². The Labute approximate surface area is 132 Å². The summed E-state index contributed by atoms with van der Waals surface area (Å²) in [5.74, 6) is 0.488. The molecular formula is C15H26N2O2S2. The topological polar surface area (TPSA) is 72.2 Å². The van der Waals surface area contributed by atoms with Crippen LogP contribution in [0.2, 0.25) is 0 Å². The van der Waals surface area contributed by atoms with E-state index in [-0.39, 0.29) is 6.04 Å². The van der Waals surface area contributed by atoms with E-state index in [1.807, 2.05) is 6.07 Å². The minimum absolute atomic E-state index is 0.0651. The second-order valence-electron chi connectivity index (χ2n) is 5.79. The Morgan fingerprint density at radius 2 is 2.05 bits per heavy atom. The van der Waals surface area contributed by atoms with Gasteiger partial charge in [0.2, 0.25) is 10.0 Å². The molecule has 1 aliphatic carbocycles. The lowest BCUT2D eigenvalue weighted by Gasteiger charge is -2.29. The summed E-state index contributed by atoms with van der Waals surface area (Å²) in [6.45, 7) is 2.61. The van der Waals surface area contributed by atoms with E-state index in [9.17, 15) is 8.42 Å². The van der Waals surface area contributed by atoms with Crippen LogP contribution in [0.1, 0.15) is 50.3 Å². The van der Waals surface area contributed by atoms with Gasteiger partial charge in [-0.1, -0.05) is 26.2 Å². The van der Waals surface area contributed by atoms with Gasteiger partial charge < -0.3 is 5.73 Å². The van der Waals surface area contributed by atoms with Crippen LogP contribution in [0.5, 0.6) is 0 Å². The Kier molecular flexibility index (Phi) is 6.22. The highest BCUT2D eigenvalue weighted by Gasteiger charge is 2.27. The number of thiophene rings is 1. The van der Waals surface area contributed by atoms with Crippen LogP contribution in [0.25, 0.3) is 0 Å². The van der Waals surface area contributed by atoms with E-state index in [1.165, 1.54) is 30.6 Å². The summed E-state index contributed by atoms with van der Waals surface area (Å²) in [4.78, 5) is 1.03. The number of hydrogen-bond donors (Lipinski definition) is 2. The van der Waals surface area contributed by atoms with Crippen LogP contribution >= 0.6 is 11.3 Å². The second-order valence-corrected chi connectivity index (χ2v) is 8.90. The predicted molar refractivity (Wildman–Crippen MR) is 88.1 cm³/mol. The van der Waals surface area contributed by atoms with Crippen molar-refractivity contribution in [2.75, 3.05) is 6.54 Å². The fourth-order valence-electron chi connectivity index (χ4n) is 3.09. The SMILES string of the molecule is CCC(NS(=O)(=O)c1ccc(CCN)s1)C1CCCCC1. The lowest BCUT2D eigenvalue weighted by molar-refractivity contribution is 0.285. The summed E-state index contributed by atoms with van der Waals surface area (Å²) in [6.07, 6.45) is 7.61. The molecule has 0 aliphatic heterocycles. The zero-order valence-electron chi connectivity index (χ0n) is 12.7. The van der Waals surface area contributed by atoms with E-state index in [4.69, 9.17) is 5.73 Å². The molecule has 0 radical (unpaired) electrons. The first-order valence-electron chi connectivity index (χ1n) is 7.88. The third-order valence-electron chi connectivity index (χ3n) is 4.26. The average molecular weight is 331 g/mol. The summed E-state index contributed by atoms with van der Waals surface area (Å²) < 4.78 is 28.4. The molecule has 1 atom stereocenters. The van der Waals surface area contributed by atoms with Crippen LogP contribution in [-0.4, -0.2) is 21.0 Å². The standard InChI is InChI=1S/C15H26N2O2S2/c1-2-14(12-6-4-3-5-7-12)17-21(18,19)15-9-8-13(20-15)10-11-16/h8-9,12,14,17H,2-7,10-11,16H2,1H3. The highest BCUT2D eigenvalue weighted by Crippen LogP contribution is 2.29. The molecule has 4 nitrogen and oxygen atoms in total. The molecule has 1 aromatic rings. The Hall–Kier alpha value is -0.430. The summed E-state index contributed by atoms with van der Waals surface area (Å²) >= 11 is 1.33. The normalized spacial score (nSPS) is 18.8. The minimum Gasteiger partial charge on any atom is -0.330 e. The van der Waals surface area contributed by atoms with Gasteiger partial charge in [0.25, 0.3) is 0 Å². The zero-order chi connectivity index (χ0) is 15.3. The maximum atomic E-state index is 12.5. The highest BCUT2D eigenvalue weighted by molar-refractivity contribution is 7.91. The molecule has 0 spiro atoms. The van der Waals surface area contributed by atoms with Crippen molar-refractivity contribution in [3.05, 3.63) is 17.0 Å². The molecular weight excluding hydrogens is 304 g/mol. The van der Waals surface area contributed by atoms with Crippen molar-refractivity contribution >= 4 is 21.4 Å². The van der Waals surface area contributed by atoms with Crippen LogP contribution in [0.15, 0.2) is 16.3 Å². The fourth-order valence-corrected chi connectivity index (χ4v) is 5.86. The maximum Gasteiger partial charge on any atom is 0.250 e. The molecule has 2 rings (SSSR count). The molecule has 120 valence electrons. The van der Waals surface area contributed by atoms with Gasteiger partial charge in [-0.3, -0.25) is 0 Å². The Balaban J connectivity index is 2.06. The van der Waals surface area contributed by atoms with Gasteiger partial charge in [-0.15, -0.1) is 11.3 Å². The number of rotatable bonds is 7. The quantitative estimate of drug-likeness (QED) is 0.807. The molecule has 0 saturated heterocycles. The molecule has 0 aromatic carbocycles. The summed E-state index contributed by atoms with van der Waals surface area (Å²) in [5.41, 5.74) is 5.52. The zero-order valence-corrected chi connectivity index (χ0v) is 14.3. The van der Waals surface area contributed by atoms with Gasteiger partial charge in [-0.2, -0.15) is 0 Å². The molecule has 1 heterocycles. The van der Waals surface area contributed by atoms with Crippen molar-refractivity contribution in [2.45, 2.75) is 62.1 Å². The Morgan fingerprint density at radius 3 is 2.67 bits per heavy atom. The van der Waals surface area contributed by atoms with Crippen molar-refractivity contribution < 1.29 is 8.42 Å². The number of nitrogens with two attached hydrogens (primary N) is 1. The van der Waals surface area contributed by atoms with Crippen LogP contribution in [0.4, 0.5) is 0 Å². The lowest BCUT2D eigenvalue weighted by Crippen LogP contribution is -2.40. The van der Waals surface area contributed by atoms with Gasteiger partial charge in [0.05, 0.1) is 0 Å². The second kappa shape index (κ2) is 7.72. The molecule has 1 aliphatic rings. The van der Waals surface area contributed by atoms with Gasteiger partial charge >= 0.3 is 0 Å². The average Bonchev–Trinajstić information content (AvgIpc) is 2.96. The molecule has 3 N–H and O–H groups in total. The van der Waals surface area contributed by atoms with E-state index in [1.54, 1.807) is 6.07 Å². The lowest BCUT2D eigenvalue weighted by atomic mass is 9.83. The first-order valence-corrected chi connectivity index (χ1v) is 10.2. The largest absolute Gasteiger partial charge is 0.330 e. The van der Waals surface area contributed by atoms with Crippen molar-refractivity contribution in [3.8, 4) is 0 Å². The monoisotopic (exact) mass is 330 g/mol. The number of nitrogens with one attached hydrogen (secondary N) is 1. The summed E-state index contributed by atoms with van der Waals surface area (Å²) in [6, 6.07) is 3.63. The third kappa shape index (κ3) is 4.52. The van der Waals surface area contributed by atoms with Gasteiger partial charge in [0.1, 0.15) is 4.21 Å². The number of hydrogen-bond acceptors (Lipinski definition) is 4. The van der Waals surface area contributed by atoms with E-state index in [2.05, 4.69) is 11.6 Å². The van der Waals surface area contributed by atoms with Gasteiger partial charge in [0.15, 0.2) is 0 Å². The maximum absolute atomic E-state index is 12.5. The van der Waals surface area contributed by atoms with Gasteiger partial charge in [0, 0.05) is 10.9 Å². The van der Waals surface area contributed by atoms with Crippen molar-refractivity contribution in [2.24, 2.45) is 11.7 Å². The molecule has 1 aromatic heterocycles. The third-order valence-corrected chi connectivity index (χ3v) is 7.38. The van der Waals surface area contributed by atoms with E-state index >= 15 is 0 Å². The highest BCUT2D eigenvalue weighted by atomic mass is 32.2. The van der Waals surface area contributed by atoms with Gasteiger partial charge in [-0.25, -0.2) is 13.1 Å². The summed E-state index contributed by atoms with van der Waals surface area (Å²) in [5, 5.41) is 0. The number of sulfonamides is 1. The molecule has 0 bridgehead atoms. The van der Waals surface area contributed by atoms with Crippen molar-refractivity contribution in [1.82, 2.24) is 4.72 Å².